The Balaban J connectivity index is 1.86. The minimum absolute atomic E-state index is 0.482. The minimum Gasteiger partial charge on any atom is -0.440 e. The molecule has 1 aromatic rings. The summed E-state index contributed by atoms with van der Waals surface area (Å²) in [5.74, 6) is 2.08. The van der Waals surface area contributed by atoms with Crippen LogP contribution in [0.4, 0.5) is 0 Å². The van der Waals surface area contributed by atoms with Gasteiger partial charge in [0.25, 0.3) is 5.22 Å². The summed E-state index contributed by atoms with van der Waals surface area (Å²) in [6, 6.07) is 0. The van der Waals surface area contributed by atoms with E-state index >= 15 is 0 Å². The largest absolute Gasteiger partial charge is 0.440 e. The highest BCUT2D eigenvalue weighted by Crippen LogP contribution is 2.49. The van der Waals surface area contributed by atoms with Crippen LogP contribution in [0, 0.1) is 12.3 Å². The number of aryl methyl sites for hydroxylation is 1. The van der Waals surface area contributed by atoms with Crippen LogP contribution >= 0.6 is 24.4 Å². The molecule has 4 heteroatoms. The van der Waals surface area contributed by atoms with Gasteiger partial charge in [-0.15, -0.1) is 0 Å². The highest BCUT2D eigenvalue weighted by Gasteiger charge is 2.41. The van der Waals surface area contributed by atoms with Gasteiger partial charge in [0.05, 0.1) is 5.69 Å². The van der Waals surface area contributed by atoms with Gasteiger partial charge in [-0.05, 0) is 30.9 Å². The van der Waals surface area contributed by atoms with Gasteiger partial charge >= 0.3 is 0 Å². The molecule has 1 aliphatic carbocycles. The van der Waals surface area contributed by atoms with Gasteiger partial charge in [0.1, 0.15) is 6.26 Å². The van der Waals surface area contributed by atoms with Gasteiger partial charge in [0.15, 0.2) is 0 Å². The fourth-order valence-electron chi connectivity index (χ4n) is 1.14. The van der Waals surface area contributed by atoms with Crippen LogP contribution in [0.25, 0.3) is 0 Å². The Labute approximate surface area is 87.9 Å². The maximum absolute atomic E-state index is 5.26. The number of oxazole rings is 1. The number of rotatable bonds is 4. The molecule has 2 rings (SSSR count). The van der Waals surface area contributed by atoms with Crippen LogP contribution in [0.1, 0.15) is 18.5 Å². The van der Waals surface area contributed by atoms with Gasteiger partial charge in [0.2, 0.25) is 0 Å². The van der Waals surface area contributed by atoms with E-state index in [1.54, 1.807) is 18.0 Å². The molecule has 72 valence electrons. The zero-order valence-corrected chi connectivity index (χ0v) is 9.33. The number of thioether (sulfide) groups is 1. The van der Waals surface area contributed by atoms with Crippen LogP contribution < -0.4 is 0 Å². The molecule has 1 heterocycles. The Bertz CT molecular complexity index is 294. The van der Waals surface area contributed by atoms with Crippen LogP contribution in [-0.2, 0) is 0 Å². The summed E-state index contributed by atoms with van der Waals surface area (Å²) in [4.78, 5) is 4.25. The van der Waals surface area contributed by atoms with Crippen LogP contribution in [0.15, 0.2) is 15.9 Å². The summed E-state index contributed by atoms with van der Waals surface area (Å²) in [7, 11) is 0. The summed E-state index contributed by atoms with van der Waals surface area (Å²) >= 11 is 6.06. The Morgan fingerprint density at radius 2 is 2.46 bits per heavy atom. The number of aromatic nitrogens is 1. The third-order valence-electron chi connectivity index (χ3n) is 2.39. The van der Waals surface area contributed by atoms with Gasteiger partial charge in [-0.2, -0.15) is 12.6 Å². The normalized spacial score (nSPS) is 18.9. The molecule has 0 aromatic carbocycles. The van der Waals surface area contributed by atoms with Crippen molar-refractivity contribution in [2.75, 3.05) is 11.5 Å². The molecule has 0 aliphatic heterocycles. The molecular weight excluding hydrogens is 202 g/mol. The molecule has 0 amide bonds. The first-order valence-corrected chi connectivity index (χ1v) is 6.02. The van der Waals surface area contributed by atoms with E-state index < -0.39 is 0 Å². The first-order valence-electron chi connectivity index (χ1n) is 4.40. The Morgan fingerprint density at radius 1 is 1.69 bits per heavy atom. The molecule has 0 bridgehead atoms. The van der Waals surface area contributed by atoms with Gasteiger partial charge < -0.3 is 4.42 Å². The average Bonchev–Trinajstić information content (AvgIpc) is 2.81. The van der Waals surface area contributed by atoms with E-state index in [1.165, 1.54) is 12.8 Å². The lowest BCUT2D eigenvalue weighted by Crippen LogP contribution is -2.05. The van der Waals surface area contributed by atoms with Crippen molar-refractivity contribution in [3.8, 4) is 0 Å². The smallest absolute Gasteiger partial charge is 0.255 e. The van der Waals surface area contributed by atoms with E-state index in [1.807, 2.05) is 6.92 Å². The quantitative estimate of drug-likeness (QED) is 0.618. The number of hydrogen-bond donors (Lipinski definition) is 1. The predicted molar refractivity (Wildman–Crippen MR) is 57.5 cm³/mol. The van der Waals surface area contributed by atoms with E-state index in [9.17, 15) is 0 Å². The molecule has 1 aliphatic rings. The van der Waals surface area contributed by atoms with Crippen molar-refractivity contribution in [3.05, 3.63) is 12.0 Å². The average molecular weight is 215 g/mol. The van der Waals surface area contributed by atoms with Crippen molar-refractivity contribution in [2.24, 2.45) is 5.41 Å². The van der Waals surface area contributed by atoms with Crippen molar-refractivity contribution in [1.82, 2.24) is 4.98 Å². The van der Waals surface area contributed by atoms with Crippen molar-refractivity contribution in [3.63, 3.8) is 0 Å². The Morgan fingerprint density at radius 3 is 2.92 bits per heavy atom. The topological polar surface area (TPSA) is 26.0 Å². The minimum atomic E-state index is 0.482. The van der Waals surface area contributed by atoms with Crippen LogP contribution in [0.2, 0.25) is 0 Å². The molecular formula is C9H13NOS2. The lowest BCUT2D eigenvalue weighted by Gasteiger charge is -2.07. The number of hydrogen-bond acceptors (Lipinski definition) is 4. The summed E-state index contributed by atoms with van der Waals surface area (Å²) in [6.07, 6.45) is 4.31. The lowest BCUT2D eigenvalue weighted by atomic mass is 10.2. The second-order valence-corrected chi connectivity index (χ2v) is 4.94. The molecule has 2 nitrogen and oxygen atoms in total. The lowest BCUT2D eigenvalue weighted by molar-refractivity contribution is 0.453. The summed E-state index contributed by atoms with van der Waals surface area (Å²) in [6.45, 7) is 1.94. The summed E-state index contributed by atoms with van der Waals surface area (Å²) in [5.41, 5.74) is 1.44. The molecule has 1 saturated carbocycles. The standard InChI is InChI=1S/C9H13NOS2/c1-7-4-11-8(10-7)13-6-9(5-12)2-3-9/h4,12H,2-3,5-6H2,1H3. The first-order chi connectivity index (χ1) is 6.24. The first kappa shape index (κ1) is 9.46. The third kappa shape index (κ3) is 2.23. The van der Waals surface area contributed by atoms with E-state index in [0.29, 0.717) is 5.41 Å². The SMILES string of the molecule is Cc1coc(SCC2(CS)CC2)n1. The van der Waals surface area contributed by atoms with Gasteiger partial charge in [-0.1, -0.05) is 11.8 Å². The fourth-order valence-corrected chi connectivity index (χ4v) is 2.86. The Kier molecular flexibility index (Phi) is 2.60. The van der Waals surface area contributed by atoms with Crippen LogP contribution in [0.3, 0.4) is 0 Å². The molecule has 0 atom stereocenters. The number of thiol groups is 1. The van der Waals surface area contributed by atoms with Crippen molar-refractivity contribution < 1.29 is 4.42 Å². The highest BCUT2D eigenvalue weighted by atomic mass is 32.2. The zero-order chi connectivity index (χ0) is 9.31. The van der Waals surface area contributed by atoms with Gasteiger partial charge in [-0.3, -0.25) is 0 Å². The van der Waals surface area contributed by atoms with Crippen molar-refractivity contribution >= 4 is 24.4 Å². The molecule has 0 unspecified atom stereocenters. The fraction of sp³-hybridized carbons (Fsp3) is 0.667. The monoisotopic (exact) mass is 215 g/mol. The van der Waals surface area contributed by atoms with E-state index in [2.05, 4.69) is 17.6 Å². The molecule has 0 saturated heterocycles. The van der Waals surface area contributed by atoms with Crippen LogP contribution in [-0.4, -0.2) is 16.5 Å². The van der Waals surface area contributed by atoms with Crippen LogP contribution in [0.5, 0.6) is 0 Å². The van der Waals surface area contributed by atoms with E-state index in [4.69, 9.17) is 4.42 Å². The second-order valence-electron chi connectivity index (χ2n) is 3.70. The number of nitrogens with zero attached hydrogens (tertiary/aromatic N) is 1. The summed E-state index contributed by atoms with van der Waals surface area (Å²) in [5, 5.41) is 0.797. The maximum atomic E-state index is 5.26. The predicted octanol–water partition coefficient (Wildman–Crippen LogP) is 2.79. The van der Waals surface area contributed by atoms with E-state index in [0.717, 1.165) is 22.4 Å². The van der Waals surface area contributed by atoms with Gasteiger partial charge in [-0.25, -0.2) is 4.98 Å². The highest BCUT2D eigenvalue weighted by molar-refractivity contribution is 7.99. The molecule has 1 fully saturated rings. The maximum Gasteiger partial charge on any atom is 0.255 e. The van der Waals surface area contributed by atoms with Crippen molar-refractivity contribution in [1.29, 1.82) is 0 Å². The molecule has 1 aromatic heterocycles. The molecule has 0 spiro atoms. The van der Waals surface area contributed by atoms with Crippen molar-refractivity contribution in [2.45, 2.75) is 25.0 Å². The Hall–Kier alpha value is -0.0900. The molecule has 0 N–H and O–H groups in total. The second kappa shape index (κ2) is 3.58. The molecule has 0 radical (unpaired) electrons. The zero-order valence-electron chi connectivity index (χ0n) is 7.62. The summed E-state index contributed by atoms with van der Waals surface area (Å²) < 4.78 is 5.26. The van der Waals surface area contributed by atoms with E-state index in [-0.39, 0.29) is 0 Å². The third-order valence-corrected chi connectivity index (χ3v) is 4.25. The van der Waals surface area contributed by atoms with Gasteiger partial charge in [0, 0.05) is 5.75 Å². The molecule has 13 heavy (non-hydrogen) atoms.